The minimum atomic E-state index is 0.221. The summed E-state index contributed by atoms with van der Waals surface area (Å²) in [6.07, 6.45) is 3.34. The molecule has 4 aromatic rings. The predicted molar refractivity (Wildman–Crippen MR) is 115 cm³/mol. The third kappa shape index (κ3) is 4.41. The van der Waals surface area contributed by atoms with Crippen LogP contribution in [0.3, 0.4) is 0 Å². The van der Waals surface area contributed by atoms with Crippen molar-refractivity contribution in [1.29, 1.82) is 0 Å². The normalized spacial score (nSPS) is 11.0. The average molecular weight is 402 g/mol. The Labute approximate surface area is 174 Å². The van der Waals surface area contributed by atoms with Gasteiger partial charge < -0.3 is 20.4 Å². The Morgan fingerprint density at radius 1 is 1.00 bits per heavy atom. The molecule has 3 heterocycles. The lowest BCUT2D eigenvalue weighted by atomic mass is 10.2. The second kappa shape index (κ2) is 8.66. The highest BCUT2D eigenvalue weighted by Gasteiger charge is 2.17. The molecule has 0 radical (unpaired) electrons. The van der Waals surface area contributed by atoms with Gasteiger partial charge >= 0.3 is 0 Å². The Bertz CT molecular complexity index is 1130. The van der Waals surface area contributed by atoms with Crippen molar-refractivity contribution < 1.29 is 4.42 Å². The van der Waals surface area contributed by atoms with Crippen molar-refractivity contribution >= 4 is 11.6 Å². The van der Waals surface area contributed by atoms with E-state index in [0.29, 0.717) is 17.3 Å². The van der Waals surface area contributed by atoms with Crippen molar-refractivity contribution in [3.05, 3.63) is 54.9 Å². The van der Waals surface area contributed by atoms with Crippen LogP contribution in [0.15, 0.2) is 59.3 Å². The van der Waals surface area contributed by atoms with Crippen LogP contribution < -0.4 is 11.1 Å². The van der Waals surface area contributed by atoms with Crippen molar-refractivity contribution in [2.24, 2.45) is 0 Å². The molecule has 0 spiro atoms. The third-order valence-electron chi connectivity index (χ3n) is 4.37. The van der Waals surface area contributed by atoms with Crippen molar-refractivity contribution in [3.8, 4) is 34.3 Å². The zero-order valence-corrected chi connectivity index (χ0v) is 16.8. The maximum atomic E-state index is 6.04. The lowest BCUT2D eigenvalue weighted by molar-refractivity contribution is 0.425. The van der Waals surface area contributed by atoms with Crippen molar-refractivity contribution in [2.75, 3.05) is 38.2 Å². The number of likely N-dealkylation sites (N-methyl/N-ethyl adjacent to an activating group) is 1. The summed E-state index contributed by atoms with van der Waals surface area (Å²) in [5.74, 6) is 1.60. The molecule has 1 aromatic carbocycles. The Kier molecular flexibility index (Phi) is 5.62. The minimum Gasteiger partial charge on any atom is -0.414 e. The maximum absolute atomic E-state index is 6.04. The lowest BCUT2D eigenvalue weighted by Gasteiger charge is -2.11. The van der Waals surface area contributed by atoms with Crippen molar-refractivity contribution in [1.82, 2.24) is 30.0 Å². The fraction of sp³-hybridized carbons (Fsp3) is 0.190. The molecule has 0 unspecified atom stereocenters. The van der Waals surface area contributed by atoms with Crippen LogP contribution in [0, 0.1) is 0 Å². The third-order valence-corrected chi connectivity index (χ3v) is 4.37. The van der Waals surface area contributed by atoms with E-state index in [-0.39, 0.29) is 11.7 Å². The van der Waals surface area contributed by atoms with Crippen LogP contribution in [0.1, 0.15) is 0 Å². The molecule has 3 aromatic heterocycles. The van der Waals surface area contributed by atoms with Gasteiger partial charge in [-0.1, -0.05) is 18.2 Å². The van der Waals surface area contributed by atoms with Gasteiger partial charge in [-0.2, -0.15) is 0 Å². The monoisotopic (exact) mass is 402 g/mol. The number of benzene rings is 1. The summed E-state index contributed by atoms with van der Waals surface area (Å²) in [6.45, 7) is 1.69. The number of hydrogen-bond acceptors (Lipinski definition) is 9. The molecule has 9 nitrogen and oxygen atoms in total. The number of nitrogens with zero attached hydrogens (tertiary/aromatic N) is 6. The van der Waals surface area contributed by atoms with Crippen LogP contribution in [0.4, 0.5) is 11.6 Å². The first kappa shape index (κ1) is 19.5. The molecule has 0 bridgehead atoms. The van der Waals surface area contributed by atoms with E-state index in [4.69, 9.17) is 10.2 Å². The van der Waals surface area contributed by atoms with E-state index in [9.17, 15) is 0 Å². The van der Waals surface area contributed by atoms with Gasteiger partial charge in [-0.15, -0.1) is 10.2 Å². The van der Waals surface area contributed by atoms with Gasteiger partial charge in [0, 0.05) is 30.4 Å². The summed E-state index contributed by atoms with van der Waals surface area (Å²) in [7, 11) is 4.05. The molecule has 0 aliphatic carbocycles. The number of hydrogen-bond donors (Lipinski definition) is 2. The molecular formula is C21H22N8O. The highest BCUT2D eigenvalue weighted by atomic mass is 16.4. The average Bonchev–Trinajstić information content (AvgIpc) is 3.25. The summed E-state index contributed by atoms with van der Waals surface area (Å²) >= 11 is 0. The van der Waals surface area contributed by atoms with E-state index in [2.05, 4.69) is 35.4 Å². The van der Waals surface area contributed by atoms with Gasteiger partial charge in [0.15, 0.2) is 11.5 Å². The Hall–Kier alpha value is -3.85. The number of nitrogen functional groups attached to an aromatic ring is 1. The molecule has 0 saturated carbocycles. The number of aromatic nitrogens is 5. The van der Waals surface area contributed by atoms with Gasteiger partial charge in [-0.05, 0) is 38.4 Å². The molecule has 30 heavy (non-hydrogen) atoms. The van der Waals surface area contributed by atoms with Crippen LogP contribution in [0.25, 0.3) is 34.3 Å². The number of pyridine rings is 1. The van der Waals surface area contributed by atoms with Crippen LogP contribution >= 0.6 is 0 Å². The summed E-state index contributed by atoms with van der Waals surface area (Å²) in [4.78, 5) is 15.3. The summed E-state index contributed by atoms with van der Waals surface area (Å²) in [5, 5.41) is 11.5. The van der Waals surface area contributed by atoms with Gasteiger partial charge in [0.2, 0.25) is 5.89 Å². The zero-order valence-electron chi connectivity index (χ0n) is 16.8. The molecule has 0 atom stereocenters. The van der Waals surface area contributed by atoms with E-state index in [1.54, 1.807) is 12.4 Å². The van der Waals surface area contributed by atoms with Gasteiger partial charge in [-0.3, -0.25) is 0 Å². The second-order valence-electron chi connectivity index (χ2n) is 6.93. The molecular weight excluding hydrogens is 380 g/mol. The summed E-state index contributed by atoms with van der Waals surface area (Å²) in [6, 6.07) is 13.3. The highest BCUT2D eigenvalue weighted by Crippen LogP contribution is 2.28. The van der Waals surface area contributed by atoms with E-state index < -0.39 is 0 Å². The fourth-order valence-electron chi connectivity index (χ4n) is 2.81. The Morgan fingerprint density at radius 3 is 2.60 bits per heavy atom. The van der Waals surface area contributed by atoms with Crippen molar-refractivity contribution in [2.45, 2.75) is 0 Å². The first-order valence-corrected chi connectivity index (χ1v) is 9.47. The van der Waals surface area contributed by atoms with E-state index in [1.807, 2.05) is 56.6 Å². The zero-order chi connectivity index (χ0) is 20.9. The summed E-state index contributed by atoms with van der Waals surface area (Å²) in [5.41, 5.74) is 8.70. The maximum Gasteiger partial charge on any atom is 0.270 e. The van der Waals surface area contributed by atoms with Crippen LogP contribution in [0.5, 0.6) is 0 Å². The molecule has 152 valence electrons. The van der Waals surface area contributed by atoms with Crippen LogP contribution in [-0.2, 0) is 0 Å². The number of nitrogens with two attached hydrogens (primary N) is 1. The van der Waals surface area contributed by atoms with Gasteiger partial charge in [0.05, 0.1) is 11.9 Å². The lowest BCUT2D eigenvalue weighted by Crippen LogP contribution is -2.21. The van der Waals surface area contributed by atoms with Gasteiger partial charge in [-0.25, -0.2) is 15.0 Å². The molecule has 0 aliphatic heterocycles. The van der Waals surface area contributed by atoms with E-state index >= 15 is 0 Å². The second-order valence-corrected chi connectivity index (χ2v) is 6.93. The molecule has 9 heteroatoms. The summed E-state index contributed by atoms with van der Waals surface area (Å²) < 4.78 is 5.79. The Balaban J connectivity index is 1.61. The molecule has 0 fully saturated rings. The van der Waals surface area contributed by atoms with Crippen LogP contribution in [-0.4, -0.2) is 57.2 Å². The number of anilines is 2. The molecule has 0 saturated heterocycles. The van der Waals surface area contributed by atoms with Crippen molar-refractivity contribution in [3.63, 3.8) is 0 Å². The topological polar surface area (TPSA) is 119 Å². The Morgan fingerprint density at radius 2 is 1.80 bits per heavy atom. The predicted octanol–water partition coefficient (Wildman–Crippen LogP) is 2.81. The fourth-order valence-corrected chi connectivity index (χ4v) is 2.81. The van der Waals surface area contributed by atoms with Gasteiger partial charge in [0.25, 0.3) is 5.89 Å². The largest absolute Gasteiger partial charge is 0.414 e. The van der Waals surface area contributed by atoms with E-state index in [1.165, 1.54) is 0 Å². The standard InChI is InChI=1S/C21H22N8O/c1-29(2)11-10-24-17-12-15(8-9-23-17)16-13-25-19(22)18(26-16)21-28-27-20(30-21)14-6-4-3-5-7-14/h3-9,12-13H,10-11H2,1-2H3,(H2,22,25)(H,23,24). The quantitative estimate of drug-likeness (QED) is 0.481. The van der Waals surface area contributed by atoms with Gasteiger partial charge in [0.1, 0.15) is 5.82 Å². The molecule has 4 rings (SSSR count). The first-order valence-electron chi connectivity index (χ1n) is 9.47. The van der Waals surface area contributed by atoms with E-state index in [0.717, 1.165) is 30.0 Å². The number of nitrogens with one attached hydrogen (secondary N) is 1. The smallest absolute Gasteiger partial charge is 0.270 e. The van der Waals surface area contributed by atoms with Crippen LogP contribution in [0.2, 0.25) is 0 Å². The first-order chi connectivity index (χ1) is 14.6. The number of rotatable bonds is 7. The molecule has 3 N–H and O–H groups in total. The molecule has 0 amide bonds. The SMILES string of the molecule is CN(C)CCNc1cc(-c2cnc(N)c(-c3nnc(-c4ccccc4)o3)n2)ccn1. The minimum absolute atomic E-state index is 0.221. The highest BCUT2D eigenvalue weighted by molar-refractivity contribution is 5.69. The molecule has 0 aliphatic rings.